The van der Waals surface area contributed by atoms with Gasteiger partial charge in [-0.15, -0.1) is 0 Å². The van der Waals surface area contributed by atoms with Crippen molar-refractivity contribution < 1.29 is 18.0 Å². The molecule has 3 aromatic rings. The van der Waals surface area contributed by atoms with Gasteiger partial charge >= 0.3 is 0 Å². The number of hydrogen-bond acceptors (Lipinski definition) is 2. The second-order valence-corrected chi connectivity index (χ2v) is 6.22. The number of aromatic nitrogens is 1. The van der Waals surface area contributed by atoms with Crippen LogP contribution in [0.1, 0.15) is 24.1 Å². The highest BCUT2D eigenvalue weighted by Gasteiger charge is 2.10. The van der Waals surface area contributed by atoms with E-state index < -0.39 is 23.5 Å². The zero-order chi connectivity index (χ0) is 20.1. The molecule has 0 aliphatic carbocycles. The summed E-state index contributed by atoms with van der Waals surface area (Å²) in [4.78, 5) is 15.8. The van der Waals surface area contributed by atoms with Crippen molar-refractivity contribution >= 4 is 12.0 Å². The van der Waals surface area contributed by atoms with Gasteiger partial charge in [0.05, 0.1) is 6.04 Å². The normalized spacial score (nSPS) is 12.1. The van der Waals surface area contributed by atoms with E-state index in [0.29, 0.717) is 0 Å². The predicted molar refractivity (Wildman–Crippen MR) is 102 cm³/mol. The van der Waals surface area contributed by atoms with E-state index >= 15 is 0 Å². The monoisotopic (exact) mass is 382 g/mol. The molecule has 0 saturated carbocycles. The van der Waals surface area contributed by atoms with Gasteiger partial charge in [0.25, 0.3) is 0 Å². The van der Waals surface area contributed by atoms with Crippen molar-refractivity contribution in [2.24, 2.45) is 0 Å². The van der Waals surface area contributed by atoms with Crippen LogP contribution in [0.15, 0.2) is 66.9 Å². The molecule has 6 heteroatoms. The quantitative estimate of drug-likeness (QED) is 0.495. The van der Waals surface area contributed by atoms with Crippen molar-refractivity contribution in [3.63, 3.8) is 0 Å². The lowest BCUT2D eigenvalue weighted by Crippen LogP contribution is -2.24. The molecule has 1 heterocycles. The van der Waals surface area contributed by atoms with E-state index in [2.05, 4.69) is 10.3 Å². The van der Waals surface area contributed by atoms with Crippen LogP contribution in [0.3, 0.4) is 0 Å². The van der Waals surface area contributed by atoms with Crippen molar-refractivity contribution in [3.8, 4) is 11.1 Å². The topological polar surface area (TPSA) is 42.0 Å². The van der Waals surface area contributed by atoms with Crippen molar-refractivity contribution in [1.29, 1.82) is 0 Å². The Balaban J connectivity index is 1.70. The minimum atomic E-state index is -0.612. The van der Waals surface area contributed by atoms with E-state index in [9.17, 15) is 18.0 Å². The predicted octanol–water partition coefficient (Wildman–Crippen LogP) is 5.06. The molecule has 0 fully saturated rings. The fourth-order valence-electron chi connectivity index (χ4n) is 2.69. The molecule has 3 nitrogen and oxygen atoms in total. The molecule has 1 N–H and O–H groups in total. The number of nitrogens with zero attached hydrogens (tertiary/aromatic N) is 1. The molecule has 3 rings (SSSR count). The van der Waals surface area contributed by atoms with E-state index in [0.717, 1.165) is 41.0 Å². The summed E-state index contributed by atoms with van der Waals surface area (Å²) in [5.41, 5.74) is 2.42. The lowest BCUT2D eigenvalue weighted by atomic mass is 10.0. The molecule has 0 saturated heterocycles. The number of halogens is 3. The summed E-state index contributed by atoms with van der Waals surface area (Å²) in [6.45, 7) is 1.80. The molecule has 2 aromatic carbocycles. The molecule has 0 radical (unpaired) electrons. The second-order valence-electron chi connectivity index (χ2n) is 6.22. The van der Waals surface area contributed by atoms with Crippen molar-refractivity contribution in [2.45, 2.75) is 13.0 Å². The zero-order valence-corrected chi connectivity index (χ0v) is 15.0. The van der Waals surface area contributed by atoms with Crippen molar-refractivity contribution in [3.05, 3.63) is 95.6 Å². The standard InChI is InChI=1S/C22H17F3N2O/c1-14(27-22(28)10-6-17-12-19(23)7-8-20(17)24)15-3-2-4-16(11-15)18-5-9-21(25)26-13-18/h2-14H,1H3,(H,27,28). The maximum Gasteiger partial charge on any atom is 0.244 e. The van der Waals surface area contributed by atoms with E-state index in [-0.39, 0.29) is 11.6 Å². The summed E-state index contributed by atoms with van der Waals surface area (Å²) in [5.74, 6) is -2.19. The van der Waals surface area contributed by atoms with Gasteiger partial charge in [-0.25, -0.2) is 13.8 Å². The number of hydrogen-bond donors (Lipinski definition) is 1. The molecule has 142 valence electrons. The molecule has 0 spiro atoms. The van der Waals surface area contributed by atoms with Crippen LogP contribution < -0.4 is 5.32 Å². The molecular weight excluding hydrogens is 365 g/mol. The second kappa shape index (κ2) is 8.52. The number of nitrogens with one attached hydrogen (secondary N) is 1. The lowest BCUT2D eigenvalue weighted by molar-refractivity contribution is -0.117. The molecular formula is C22H17F3N2O. The van der Waals surface area contributed by atoms with Crippen LogP contribution in [0.5, 0.6) is 0 Å². The Kier molecular flexibility index (Phi) is 5.89. The summed E-state index contributed by atoms with van der Waals surface area (Å²) < 4.78 is 39.8. The number of amides is 1. The molecule has 28 heavy (non-hydrogen) atoms. The van der Waals surface area contributed by atoms with Crippen LogP contribution >= 0.6 is 0 Å². The Morgan fingerprint density at radius 3 is 2.61 bits per heavy atom. The van der Waals surface area contributed by atoms with Crippen LogP contribution in [0.4, 0.5) is 13.2 Å². The van der Waals surface area contributed by atoms with Gasteiger partial charge in [-0.05, 0) is 60.5 Å². The molecule has 0 aliphatic heterocycles. The number of rotatable bonds is 5. The highest BCUT2D eigenvalue weighted by molar-refractivity contribution is 5.92. The minimum absolute atomic E-state index is 0.00592. The molecule has 1 unspecified atom stereocenters. The maximum atomic E-state index is 13.6. The Morgan fingerprint density at radius 1 is 1.04 bits per heavy atom. The molecule has 1 amide bonds. The van der Waals surface area contributed by atoms with E-state index in [1.807, 2.05) is 24.3 Å². The Hall–Kier alpha value is -3.41. The largest absolute Gasteiger partial charge is 0.346 e. The first-order chi connectivity index (χ1) is 13.4. The van der Waals surface area contributed by atoms with Crippen molar-refractivity contribution in [2.75, 3.05) is 0 Å². The Morgan fingerprint density at radius 2 is 1.86 bits per heavy atom. The first-order valence-electron chi connectivity index (χ1n) is 8.58. The van der Waals surface area contributed by atoms with Crippen LogP contribution in [0.25, 0.3) is 17.2 Å². The van der Waals surface area contributed by atoms with Crippen molar-refractivity contribution in [1.82, 2.24) is 10.3 Å². The fraction of sp³-hybridized carbons (Fsp3) is 0.0909. The number of pyridine rings is 1. The average molecular weight is 382 g/mol. The summed E-state index contributed by atoms with van der Waals surface area (Å²) in [7, 11) is 0. The van der Waals surface area contributed by atoms with Gasteiger partial charge in [-0.2, -0.15) is 4.39 Å². The van der Waals surface area contributed by atoms with Gasteiger partial charge in [0, 0.05) is 23.4 Å². The number of carbonyl (C=O) groups is 1. The molecule has 1 aromatic heterocycles. The van der Waals surface area contributed by atoms with E-state index in [4.69, 9.17) is 0 Å². The van der Waals surface area contributed by atoms with Crippen LogP contribution in [-0.2, 0) is 4.79 Å². The van der Waals surface area contributed by atoms with Gasteiger partial charge in [-0.1, -0.05) is 18.2 Å². The van der Waals surface area contributed by atoms with E-state index in [1.54, 1.807) is 13.0 Å². The summed E-state index contributed by atoms with van der Waals surface area (Å²) in [6, 6.07) is 13.0. The summed E-state index contributed by atoms with van der Waals surface area (Å²) in [6.07, 6.45) is 3.82. The number of benzene rings is 2. The average Bonchev–Trinajstić information content (AvgIpc) is 2.69. The third-order valence-electron chi connectivity index (χ3n) is 4.18. The summed E-state index contributed by atoms with van der Waals surface area (Å²) in [5, 5.41) is 2.77. The van der Waals surface area contributed by atoms with Gasteiger partial charge in [0.2, 0.25) is 11.9 Å². The van der Waals surface area contributed by atoms with Gasteiger partial charge in [0.15, 0.2) is 0 Å². The summed E-state index contributed by atoms with van der Waals surface area (Å²) >= 11 is 0. The lowest BCUT2D eigenvalue weighted by Gasteiger charge is -2.14. The first kappa shape index (κ1) is 19.4. The van der Waals surface area contributed by atoms with Gasteiger partial charge in [-0.3, -0.25) is 4.79 Å². The highest BCUT2D eigenvalue weighted by Crippen LogP contribution is 2.23. The van der Waals surface area contributed by atoms with Crippen LogP contribution in [-0.4, -0.2) is 10.9 Å². The van der Waals surface area contributed by atoms with Gasteiger partial charge < -0.3 is 5.32 Å². The van der Waals surface area contributed by atoms with Crippen LogP contribution in [0.2, 0.25) is 0 Å². The molecule has 0 aliphatic rings. The first-order valence-corrected chi connectivity index (χ1v) is 8.58. The SMILES string of the molecule is CC(NC(=O)C=Cc1cc(F)ccc1F)c1cccc(-c2ccc(F)nc2)c1. The smallest absolute Gasteiger partial charge is 0.244 e. The Bertz CT molecular complexity index is 1020. The van der Waals surface area contributed by atoms with Crippen LogP contribution in [0, 0.1) is 17.6 Å². The Labute approximate surface area is 160 Å². The van der Waals surface area contributed by atoms with Gasteiger partial charge in [0.1, 0.15) is 11.6 Å². The third-order valence-corrected chi connectivity index (χ3v) is 4.18. The maximum absolute atomic E-state index is 13.6. The fourth-order valence-corrected chi connectivity index (χ4v) is 2.69. The number of carbonyl (C=O) groups excluding carboxylic acids is 1. The zero-order valence-electron chi connectivity index (χ0n) is 15.0. The highest BCUT2D eigenvalue weighted by atomic mass is 19.1. The molecule has 0 bridgehead atoms. The minimum Gasteiger partial charge on any atom is -0.346 e. The third kappa shape index (κ3) is 4.85. The molecule has 1 atom stereocenters. The van der Waals surface area contributed by atoms with E-state index in [1.165, 1.54) is 18.3 Å².